The Kier molecular flexibility index (Phi) is 3.72. The zero-order chi connectivity index (χ0) is 16.7. The highest BCUT2D eigenvalue weighted by molar-refractivity contribution is 5.71. The molecule has 3 atom stereocenters. The fraction of sp³-hybridized carbons (Fsp3) is 0.333. The summed E-state index contributed by atoms with van der Waals surface area (Å²) in [5.74, 6) is 2.67. The Hall–Kier alpha value is -2.42. The third kappa shape index (κ3) is 2.27. The molecule has 0 saturated carbocycles. The van der Waals surface area contributed by atoms with Crippen LogP contribution in [0.15, 0.2) is 48.6 Å². The standard InChI is InChI=1S/C21H23NO2/c1-13-6-4-7-14(12-13)20-16-9-5-8-15(16)19-17(23-2)10-11-18(24-3)21(19)22-20/h4-8,10-12,15-16,20,22H,9H2,1-3H3. The molecular weight excluding hydrogens is 298 g/mol. The number of aryl methyl sites for hydroxylation is 1. The first kappa shape index (κ1) is 15.1. The molecule has 124 valence electrons. The van der Waals surface area contributed by atoms with Crippen LogP contribution in [0.25, 0.3) is 0 Å². The summed E-state index contributed by atoms with van der Waals surface area (Å²) in [7, 11) is 3.46. The fourth-order valence-corrected chi connectivity index (χ4v) is 4.19. The summed E-state index contributed by atoms with van der Waals surface area (Å²) in [5.41, 5.74) is 4.92. The van der Waals surface area contributed by atoms with Crippen LogP contribution in [-0.4, -0.2) is 14.2 Å². The van der Waals surface area contributed by atoms with Crippen molar-refractivity contribution in [1.82, 2.24) is 0 Å². The number of hydrogen-bond donors (Lipinski definition) is 1. The highest BCUT2D eigenvalue weighted by atomic mass is 16.5. The van der Waals surface area contributed by atoms with Crippen molar-refractivity contribution < 1.29 is 9.47 Å². The molecule has 0 amide bonds. The van der Waals surface area contributed by atoms with Crippen molar-refractivity contribution in [2.75, 3.05) is 19.5 Å². The van der Waals surface area contributed by atoms with Crippen LogP contribution in [-0.2, 0) is 0 Å². The Morgan fingerprint density at radius 1 is 1.04 bits per heavy atom. The topological polar surface area (TPSA) is 30.5 Å². The minimum Gasteiger partial charge on any atom is -0.496 e. The van der Waals surface area contributed by atoms with Crippen LogP contribution in [0.1, 0.15) is 35.1 Å². The van der Waals surface area contributed by atoms with Gasteiger partial charge in [-0.2, -0.15) is 0 Å². The van der Waals surface area contributed by atoms with Gasteiger partial charge in [-0.3, -0.25) is 0 Å². The number of fused-ring (bicyclic) bond motifs is 3. The average molecular weight is 321 g/mol. The van der Waals surface area contributed by atoms with Gasteiger partial charge in [-0.15, -0.1) is 0 Å². The molecule has 1 N–H and O–H groups in total. The zero-order valence-corrected chi connectivity index (χ0v) is 14.4. The molecule has 0 saturated heterocycles. The third-order valence-electron chi connectivity index (χ3n) is 5.28. The molecule has 0 aromatic heterocycles. The maximum atomic E-state index is 5.65. The van der Waals surface area contributed by atoms with E-state index in [-0.39, 0.29) is 6.04 Å². The monoisotopic (exact) mass is 321 g/mol. The van der Waals surface area contributed by atoms with E-state index in [9.17, 15) is 0 Å². The van der Waals surface area contributed by atoms with E-state index in [0.717, 1.165) is 23.6 Å². The SMILES string of the molecule is COc1ccc(OC)c2c1NC(c1cccc(C)c1)C1CC=CC21. The van der Waals surface area contributed by atoms with Crippen molar-refractivity contribution >= 4 is 5.69 Å². The van der Waals surface area contributed by atoms with Gasteiger partial charge in [-0.25, -0.2) is 0 Å². The third-order valence-corrected chi connectivity index (χ3v) is 5.28. The first-order chi connectivity index (χ1) is 11.7. The molecule has 1 heterocycles. The molecule has 4 rings (SSSR count). The largest absolute Gasteiger partial charge is 0.496 e. The molecule has 2 aromatic rings. The lowest BCUT2D eigenvalue weighted by Crippen LogP contribution is -2.29. The summed E-state index contributed by atoms with van der Waals surface area (Å²) in [5, 5.41) is 3.76. The van der Waals surface area contributed by atoms with E-state index >= 15 is 0 Å². The van der Waals surface area contributed by atoms with Gasteiger partial charge in [0.2, 0.25) is 0 Å². The van der Waals surface area contributed by atoms with Gasteiger partial charge in [-0.1, -0.05) is 42.0 Å². The van der Waals surface area contributed by atoms with E-state index < -0.39 is 0 Å². The Labute approximate surface area is 143 Å². The lowest BCUT2D eigenvalue weighted by molar-refractivity contribution is 0.370. The van der Waals surface area contributed by atoms with Gasteiger partial charge in [0.05, 0.1) is 25.9 Å². The fourth-order valence-electron chi connectivity index (χ4n) is 4.19. The molecule has 3 nitrogen and oxygen atoms in total. The van der Waals surface area contributed by atoms with Crippen molar-refractivity contribution in [2.45, 2.75) is 25.3 Å². The molecule has 0 fully saturated rings. The quantitative estimate of drug-likeness (QED) is 0.821. The van der Waals surface area contributed by atoms with Gasteiger partial charge in [0.25, 0.3) is 0 Å². The second-order valence-corrected chi connectivity index (χ2v) is 6.65. The summed E-state index contributed by atoms with van der Waals surface area (Å²) in [4.78, 5) is 0. The van der Waals surface area contributed by atoms with Crippen molar-refractivity contribution in [3.05, 3.63) is 65.2 Å². The van der Waals surface area contributed by atoms with Crippen molar-refractivity contribution in [3.8, 4) is 11.5 Å². The normalized spacial score (nSPS) is 24.0. The molecule has 3 heteroatoms. The molecule has 1 aliphatic heterocycles. The summed E-state index contributed by atoms with van der Waals surface area (Å²) in [6, 6.07) is 13.1. The van der Waals surface area contributed by atoms with E-state index in [1.165, 1.54) is 16.7 Å². The molecule has 1 aliphatic carbocycles. The maximum Gasteiger partial charge on any atom is 0.142 e. The molecule has 3 unspecified atom stereocenters. The smallest absolute Gasteiger partial charge is 0.142 e. The van der Waals surface area contributed by atoms with Crippen LogP contribution < -0.4 is 14.8 Å². The lowest BCUT2D eigenvalue weighted by atomic mass is 9.76. The van der Waals surface area contributed by atoms with Gasteiger partial charge in [0.1, 0.15) is 11.5 Å². The van der Waals surface area contributed by atoms with E-state index in [1.807, 2.05) is 12.1 Å². The van der Waals surface area contributed by atoms with Crippen molar-refractivity contribution in [2.24, 2.45) is 5.92 Å². The van der Waals surface area contributed by atoms with Gasteiger partial charge in [0, 0.05) is 11.5 Å². The second kappa shape index (κ2) is 5.90. The van der Waals surface area contributed by atoms with Gasteiger partial charge >= 0.3 is 0 Å². The minimum atomic E-state index is 0.276. The van der Waals surface area contributed by atoms with E-state index in [2.05, 4.69) is 48.7 Å². The number of allylic oxidation sites excluding steroid dienone is 2. The summed E-state index contributed by atoms with van der Waals surface area (Å²) in [6.07, 6.45) is 5.71. The van der Waals surface area contributed by atoms with Crippen LogP contribution >= 0.6 is 0 Å². The molecule has 0 spiro atoms. The lowest BCUT2D eigenvalue weighted by Gasteiger charge is -2.38. The predicted octanol–water partition coefficient (Wildman–Crippen LogP) is 4.84. The molecule has 2 aliphatic rings. The van der Waals surface area contributed by atoms with Gasteiger partial charge < -0.3 is 14.8 Å². The Morgan fingerprint density at radius 3 is 2.58 bits per heavy atom. The highest BCUT2D eigenvalue weighted by Crippen LogP contribution is 2.55. The minimum absolute atomic E-state index is 0.276. The Balaban J connectivity index is 1.86. The summed E-state index contributed by atoms with van der Waals surface area (Å²) < 4.78 is 11.3. The van der Waals surface area contributed by atoms with Crippen molar-refractivity contribution in [3.63, 3.8) is 0 Å². The van der Waals surface area contributed by atoms with Crippen molar-refractivity contribution in [1.29, 1.82) is 0 Å². The van der Waals surface area contributed by atoms with E-state index in [0.29, 0.717) is 11.8 Å². The number of ether oxygens (including phenoxy) is 2. The van der Waals surface area contributed by atoms with Gasteiger partial charge in [0.15, 0.2) is 0 Å². The van der Waals surface area contributed by atoms with Crippen LogP contribution in [0.3, 0.4) is 0 Å². The van der Waals surface area contributed by atoms with Crippen LogP contribution in [0.5, 0.6) is 11.5 Å². The first-order valence-electron chi connectivity index (χ1n) is 8.47. The molecular formula is C21H23NO2. The number of anilines is 1. The zero-order valence-electron chi connectivity index (χ0n) is 14.4. The van der Waals surface area contributed by atoms with Gasteiger partial charge in [-0.05, 0) is 37.0 Å². The number of nitrogens with one attached hydrogen (secondary N) is 1. The molecule has 24 heavy (non-hydrogen) atoms. The Morgan fingerprint density at radius 2 is 1.83 bits per heavy atom. The number of hydrogen-bond acceptors (Lipinski definition) is 3. The number of rotatable bonds is 3. The van der Waals surface area contributed by atoms with Crippen LogP contribution in [0, 0.1) is 12.8 Å². The average Bonchev–Trinajstić information content (AvgIpc) is 3.09. The Bertz CT molecular complexity index is 796. The van der Waals surface area contributed by atoms with Crippen LogP contribution in [0.2, 0.25) is 0 Å². The van der Waals surface area contributed by atoms with E-state index in [4.69, 9.17) is 9.47 Å². The number of benzene rings is 2. The maximum absolute atomic E-state index is 5.65. The summed E-state index contributed by atoms with van der Waals surface area (Å²) >= 11 is 0. The summed E-state index contributed by atoms with van der Waals surface area (Å²) in [6.45, 7) is 2.15. The molecule has 0 radical (unpaired) electrons. The predicted molar refractivity (Wildman–Crippen MR) is 97.1 cm³/mol. The molecule has 0 bridgehead atoms. The van der Waals surface area contributed by atoms with Crippen LogP contribution in [0.4, 0.5) is 5.69 Å². The van der Waals surface area contributed by atoms with E-state index in [1.54, 1.807) is 14.2 Å². The number of methoxy groups -OCH3 is 2. The second-order valence-electron chi connectivity index (χ2n) is 6.65. The molecule has 2 aromatic carbocycles. The first-order valence-corrected chi connectivity index (χ1v) is 8.47. The highest BCUT2D eigenvalue weighted by Gasteiger charge is 2.40.